The number of aromatic nitrogens is 2. The molecule has 0 bridgehead atoms. The fourth-order valence-corrected chi connectivity index (χ4v) is 2.96. The van der Waals surface area contributed by atoms with E-state index in [-0.39, 0.29) is 11.3 Å². The van der Waals surface area contributed by atoms with Crippen molar-refractivity contribution in [2.24, 2.45) is 0 Å². The molecule has 1 aliphatic rings. The smallest absolute Gasteiger partial charge is 0.214 e. The first kappa shape index (κ1) is 13.4. The zero-order valence-electron chi connectivity index (χ0n) is 10.5. The maximum Gasteiger partial charge on any atom is 0.214 e. The average Bonchev–Trinajstić information content (AvgIpc) is 3.10. The summed E-state index contributed by atoms with van der Waals surface area (Å²) in [6.45, 7) is 4.62. The van der Waals surface area contributed by atoms with E-state index >= 15 is 0 Å². The second-order valence-electron chi connectivity index (χ2n) is 4.67. The molecule has 0 spiro atoms. The predicted octanol–water partition coefficient (Wildman–Crippen LogP) is -0.0621. The van der Waals surface area contributed by atoms with Gasteiger partial charge in [-0.3, -0.25) is 0 Å². The van der Waals surface area contributed by atoms with E-state index < -0.39 is 10.0 Å². The lowest BCUT2D eigenvalue weighted by Gasteiger charge is -2.13. The van der Waals surface area contributed by atoms with Gasteiger partial charge in [-0.1, -0.05) is 10.3 Å². The van der Waals surface area contributed by atoms with Crippen molar-refractivity contribution in [3.05, 3.63) is 11.4 Å². The summed E-state index contributed by atoms with van der Waals surface area (Å²) in [5.74, 6) is 0. The van der Waals surface area contributed by atoms with Crippen molar-refractivity contribution >= 4 is 10.0 Å². The summed E-state index contributed by atoms with van der Waals surface area (Å²) in [7, 11) is -3.10. The van der Waals surface area contributed by atoms with Crippen molar-refractivity contribution in [3.8, 4) is 0 Å². The number of nitrogens with one attached hydrogen (secondary N) is 2. The molecule has 1 saturated carbocycles. The topological polar surface area (TPSA) is 97.1 Å². The second-order valence-corrected chi connectivity index (χ2v) is 6.72. The Morgan fingerprint density at radius 1 is 1.44 bits per heavy atom. The van der Waals surface area contributed by atoms with Gasteiger partial charge < -0.3 is 5.32 Å². The van der Waals surface area contributed by atoms with Crippen LogP contribution in [-0.4, -0.2) is 36.6 Å². The molecule has 8 heteroatoms. The summed E-state index contributed by atoms with van der Waals surface area (Å²) in [4.78, 5) is 0. The fourth-order valence-electron chi connectivity index (χ4n) is 1.49. The van der Waals surface area contributed by atoms with Gasteiger partial charge in [0.25, 0.3) is 0 Å². The Labute approximate surface area is 106 Å². The van der Waals surface area contributed by atoms with E-state index in [0.717, 1.165) is 24.2 Å². The summed E-state index contributed by atoms with van der Waals surface area (Å²) in [6, 6.07) is 0.0228. The molecule has 7 nitrogen and oxygen atoms in total. The summed E-state index contributed by atoms with van der Waals surface area (Å²) >= 11 is 0. The minimum absolute atomic E-state index is 0.0228. The fraction of sp³-hybridized carbons (Fsp3) is 0.800. The van der Waals surface area contributed by atoms with Gasteiger partial charge in [-0.05, 0) is 26.7 Å². The molecule has 0 aromatic carbocycles. The monoisotopic (exact) mass is 274 g/mol. The van der Waals surface area contributed by atoms with Gasteiger partial charge in [0.1, 0.15) is 11.4 Å². The van der Waals surface area contributed by atoms with Crippen molar-refractivity contribution in [1.82, 2.24) is 20.4 Å². The molecule has 1 atom stereocenters. The Kier molecular flexibility index (Phi) is 3.98. The van der Waals surface area contributed by atoms with E-state index in [4.69, 9.17) is 0 Å². The van der Waals surface area contributed by atoms with Gasteiger partial charge in [-0.15, -0.1) is 0 Å². The molecule has 0 unspecified atom stereocenters. The van der Waals surface area contributed by atoms with E-state index in [1.165, 1.54) is 0 Å². The van der Waals surface area contributed by atoms with Crippen molar-refractivity contribution in [1.29, 1.82) is 0 Å². The van der Waals surface area contributed by atoms with Crippen LogP contribution in [0.3, 0.4) is 0 Å². The van der Waals surface area contributed by atoms with Crippen molar-refractivity contribution in [3.63, 3.8) is 0 Å². The number of rotatable bonds is 7. The van der Waals surface area contributed by atoms with Gasteiger partial charge in [0.2, 0.25) is 10.0 Å². The summed E-state index contributed by atoms with van der Waals surface area (Å²) in [6.07, 6.45) is 1.56. The van der Waals surface area contributed by atoms with Crippen LogP contribution >= 0.6 is 0 Å². The van der Waals surface area contributed by atoms with Crippen molar-refractivity contribution < 1.29 is 13.0 Å². The highest BCUT2D eigenvalue weighted by Gasteiger charge is 2.35. The van der Waals surface area contributed by atoms with Crippen LogP contribution in [0.4, 0.5) is 0 Å². The van der Waals surface area contributed by atoms with Gasteiger partial charge in [0, 0.05) is 19.1 Å². The van der Waals surface area contributed by atoms with Gasteiger partial charge in [-0.2, -0.15) is 0 Å². The molecule has 1 heterocycles. The molecule has 18 heavy (non-hydrogen) atoms. The normalized spacial score (nSPS) is 17.9. The zero-order chi connectivity index (χ0) is 13.2. The third-order valence-corrected chi connectivity index (χ3v) is 4.84. The maximum absolute atomic E-state index is 11.6. The van der Waals surface area contributed by atoms with Crippen LogP contribution in [-0.2, 0) is 16.6 Å². The molecule has 1 fully saturated rings. The standard InChI is InChI=1S/C10H18N4O3S/c1-7(5-12-18(15,16)9-3-4-9)11-6-10-8(2)13-17-14-10/h7,9,11-12H,3-6H2,1-2H3/t7-/m1/s1. The first-order chi connectivity index (χ1) is 8.49. The summed E-state index contributed by atoms with van der Waals surface area (Å²) in [5, 5.41) is 10.4. The molecular formula is C10H18N4O3S. The van der Waals surface area contributed by atoms with Gasteiger partial charge in [0.05, 0.1) is 5.25 Å². The second kappa shape index (κ2) is 5.33. The molecule has 0 radical (unpaired) electrons. The van der Waals surface area contributed by atoms with E-state index in [0.29, 0.717) is 13.1 Å². The minimum atomic E-state index is -3.10. The average molecular weight is 274 g/mol. The number of nitrogens with zero attached hydrogens (tertiary/aromatic N) is 2. The van der Waals surface area contributed by atoms with Gasteiger partial charge in [-0.25, -0.2) is 17.8 Å². The molecule has 102 valence electrons. The maximum atomic E-state index is 11.6. The number of hydrogen-bond donors (Lipinski definition) is 2. The zero-order valence-corrected chi connectivity index (χ0v) is 11.3. The molecule has 0 saturated heterocycles. The third kappa shape index (κ3) is 3.50. The predicted molar refractivity (Wildman–Crippen MR) is 65.3 cm³/mol. The lowest BCUT2D eigenvalue weighted by molar-refractivity contribution is 0.300. The Morgan fingerprint density at radius 2 is 2.17 bits per heavy atom. The van der Waals surface area contributed by atoms with Crippen LogP contribution < -0.4 is 10.0 Å². The Hall–Kier alpha value is -0.990. The Morgan fingerprint density at radius 3 is 2.72 bits per heavy atom. The molecule has 1 aliphatic carbocycles. The van der Waals surface area contributed by atoms with Crippen LogP contribution in [0.1, 0.15) is 31.2 Å². The van der Waals surface area contributed by atoms with Crippen LogP contribution in [0.15, 0.2) is 4.63 Å². The third-order valence-electron chi connectivity index (χ3n) is 2.92. The molecule has 2 N–H and O–H groups in total. The quantitative estimate of drug-likeness (QED) is 0.723. The van der Waals surface area contributed by atoms with E-state index in [1.54, 1.807) is 0 Å². The minimum Gasteiger partial charge on any atom is -0.307 e. The van der Waals surface area contributed by atoms with E-state index in [2.05, 4.69) is 25.0 Å². The lowest BCUT2D eigenvalue weighted by Crippen LogP contribution is -2.39. The number of hydrogen-bond acceptors (Lipinski definition) is 6. The SMILES string of the molecule is Cc1nonc1CN[C@H](C)CNS(=O)(=O)C1CC1. The van der Waals surface area contributed by atoms with Crippen LogP contribution in [0.5, 0.6) is 0 Å². The molecule has 1 aromatic heterocycles. The molecule has 2 rings (SSSR count). The first-order valence-corrected chi connectivity index (χ1v) is 7.53. The molecule has 0 amide bonds. The Bertz CT molecular complexity index is 495. The lowest BCUT2D eigenvalue weighted by atomic mass is 10.3. The van der Waals surface area contributed by atoms with E-state index in [9.17, 15) is 8.42 Å². The highest BCUT2D eigenvalue weighted by atomic mass is 32.2. The van der Waals surface area contributed by atoms with Crippen LogP contribution in [0, 0.1) is 6.92 Å². The number of aryl methyl sites for hydroxylation is 1. The van der Waals surface area contributed by atoms with Gasteiger partial charge >= 0.3 is 0 Å². The van der Waals surface area contributed by atoms with Crippen LogP contribution in [0.25, 0.3) is 0 Å². The number of sulfonamides is 1. The van der Waals surface area contributed by atoms with Crippen LogP contribution in [0.2, 0.25) is 0 Å². The largest absolute Gasteiger partial charge is 0.307 e. The molecule has 0 aliphatic heterocycles. The van der Waals surface area contributed by atoms with E-state index in [1.807, 2.05) is 13.8 Å². The Balaban J connectivity index is 1.72. The van der Waals surface area contributed by atoms with Crippen molar-refractivity contribution in [2.75, 3.05) is 6.54 Å². The highest BCUT2D eigenvalue weighted by molar-refractivity contribution is 7.90. The molecular weight excluding hydrogens is 256 g/mol. The van der Waals surface area contributed by atoms with Crippen molar-refractivity contribution in [2.45, 2.75) is 44.5 Å². The molecule has 1 aromatic rings. The highest BCUT2D eigenvalue weighted by Crippen LogP contribution is 2.27. The first-order valence-electron chi connectivity index (χ1n) is 5.99. The summed E-state index contributed by atoms with van der Waals surface area (Å²) < 4.78 is 30.4. The van der Waals surface area contributed by atoms with Gasteiger partial charge in [0.15, 0.2) is 0 Å². The summed E-state index contributed by atoms with van der Waals surface area (Å²) in [5.41, 5.74) is 1.49.